The Morgan fingerprint density at radius 1 is 1.47 bits per heavy atom. The summed E-state index contributed by atoms with van der Waals surface area (Å²) in [6.45, 7) is 1.80. The fourth-order valence-corrected chi connectivity index (χ4v) is 3.06. The molecule has 98 valence electrons. The smallest absolute Gasteiger partial charge is 0.265 e. The maximum absolute atomic E-state index is 12.2. The zero-order valence-corrected chi connectivity index (χ0v) is 12.7. The molecule has 1 fully saturated rings. The number of aryl methyl sites for hydroxylation is 1. The molecule has 0 bridgehead atoms. The number of nitrogens with one attached hydrogen (secondary N) is 1. The van der Waals surface area contributed by atoms with Gasteiger partial charge in [-0.25, -0.2) is 0 Å². The molecule has 1 N–H and O–H groups in total. The Morgan fingerprint density at radius 2 is 2.26 bits per heavy atom. The molecule has 1 aliphatic rings. The summed E-state index contributed by atoms with van der Waals surface area (Å²) in [5.74, 6) is -0.0787. The third kappa shape index (κ3) is 2.42. The highest BCUT2D eigenvalue weighted by molar-refractivity contribution is 9.10. The number of rotatable bonds is 3. The first-order valence-electron chi connectivity index (χ1n) is 5.98. The molecular weight excluding hydrogens is 326 g/mol. The van der Waals surface area contributed by atoms with E-state index < -0.39 is 0 Å². The van der Waals surface area contributed by atoms with Gasteiger partial charge in [-0.1, -0.05) is 32.6 Å². The number of amides is 1. The van der Waals surface area contributed by atoms with E-state index in [0.29, 0.717) is 10.6 Å². The van der Waals surface area contributed by atoms with Gasteiger partial charge in [-0.3, -0.25) is 4.79 Å². The van der Waals surface area contributed by atoms with E-state index in [1.54, 1.807) is 6.92 Å². The van der Waals surface area contributed by atoms with E-state index in [0.717, 1.165) is 34.4 Å². The van der Waals surface area contributed by atoms with E-state index in [4.69, 9.17) is 0 Å². The second-order valence-electron chi connectivity index (χ2n) is 4.73. The summed E-state index contributed by atoms with van der Waals surface area (Å²) in [6.07, 6.45) is 1.95. The van der Waals surface area contributed by atoms with Gasteiger partial charge in [0.2, 0.25) is 0 Å². The van der Waals surface area contributed by atoms with E-state index in [-0.39, 0.29) is 11.4 Å². The first kappa shape index (κ1) is 12.7. The molecule has 0 spiro atoms. The molecule has 1 aliphatic carbocycles. The molecule has 1 amide bonds. The van der Waals surface area contributed by atoms with Gasteiger partial charge in [0.15, 0.2) is 0 Å². The van der Waals surface area contributed by atoms with Crippen molar-refractivity contribution in [1.82, 2.24) is 14.9 Å². The van der Waals surface area contributed by atoms with Crippen LogP contribution in [0.5, 0.6) is 0 Å². The van der Waals surface area contributed by atoms with E-state index in [1.807, 2.05) is 12.1 Å². The Labute approximate surface area is 123 Å². The zero-order chi connectivity index (χ0) is 13.5. The summed E-state index contributed by atoms with van der Waals surface area (Å²) >= 11 is 4.61. The predicted molar refractivity (Wildman–Crippen MR) is 77.2 cm³/mol. The number of carbonyl (C=O) groups is 1. The molecule has 19 heavy (non-hydrogen) atoms. The fraction of sp³-hybridized carbons (Fsp3) is 0.308. The number of hydrogen-bond acceptors (Lipinski definition) is 4. The average molecular weight is 338 g/mol. The van der Waals surface area contributed by atoms with E-state index >= 15 is 0 Å². The predicted octanol–water partition coefficient (Wildman–Crippen LogP) is 3.03. The quantitative estimate of drug-likeness (QED) is 0.936. The number of nitrogens with zero attached hydrogens (tertiary/aromatic N) is 2. The van der Waals surface area contributed by atoms with Crippen LogP contribution in [0.15, 0.2) is 28.7 Å². The summed E-state index contributed by atoms with van der Waals surface area (Å²) in [6, 6.07) is 8.09. The van der Waals surface area contributed by atoms with Crippen LogP contribution in [0.2, 0.25) is 0 Å². The van der Waals surface area contributed by atoms with Gasteiger partial charge < -0.3 is 5.32 Å². The highest BCUT2D eigenvalue weighted by Gasteiger charge is 2.46. The van der Waals surface area contributed by atoms with Crippen LogP contribution < -0.4 is 5.32 Å². The Morgan fingerprint density at radius 3 is 2.84 bits per heavy atom. The van der Waals surface area contributed by atoms with Gasteiger partial charge in [0.1, 0.15) is 4.88 Å². The Bertz CT molecular complexity index is 636. The summed E-state index contributed by atoms with van der Waals surface area (Å²) < 4.78 is 4.83. The number of halogens is 1. The molecule has 3 rings (SSSR count). The zero-order valence-electron chi connectivity index (χ0n) is 10.3. The van der Waals surface area contributed by atoms with Crippen molar-refractivity contribution < 1.29 is 4.79 Å². The van der Waals surface area contributed by atoms with Crippen LogP contribution >= 0.6 is 27.5 Å². The Hall–Kier alpha value is -1.27. The normalized spacial score (nSPS) is 16.1. The minimum atomic E-state index is -0.211. The lowest BCUT2D eigenvalue weighted by atomic mass is 10.0. The summed E-state index contributed by atoms with van der Waals surface area (Å²) in [4.78, 5) is 12.8. The molecule has 1 heterocycles. The van der Waals surface area contributed by atoms with Crippen LogP contribution in [0.4, 0.5) is 0 Å². The average Bonchev–Trinajstić information content (AvgIpc) is 3.03. The number of aromatic nitrogens is 2. The lowest BCUT2D eigenvalue weighted by molar-refractivity contribution is 0.0934. The van der Waals surface area contributed by atoms with Gasteiger partial charge in [0, 0.05) is 4.47 Å². The minimum Gasteiger partial charge on any atom is -0.342 e. The number of benzene rings is 1. The van der Waals surface area contributed by atoms with Crippen molar-refractivity contribution in [3.8, 4) is 0 Å². The highest BCUT2D eigenvalue weighted by atomic mass is 79.9. The second-order valence-corrected chi connectivity index (χ2v) is 6.40. The standard InChI is InChI=1S/C13H12BrN3OS/c1-8-11(19-17-16-8)12(18)15-13(5-6-13)9-3-2-4-10(14)7-9/h2-4,7H,5-6H2,1H3,(H,15,18). The first-order valence-corrected chi connectivity index (χ1v) is 7.55. The molecular formula is C13H12BrN3OS. The van der Waals surface area contributed by atoms with Gasteiger partial charge in [0.05, 0.1) is 11.2 Å². The van der Waals surface area contributed by atoms with Crippen molar-refractivity contribution in [2.24, 2.45) is 0 Å². The third-order valence-corrected chi connectivity index (χ3v) is 4.66. The second kappa shape index (κ2) is 4.68. The van der Waals surface area contributed by atoms with E-state index in [9.17, 15) is 4.79 Å². The maximum atomic E-state index is 12.2. The van der Waals surface area contributed by atoms with Crippen molar-refractivity contribution in [1.29, 1.82) is 0 Å². The van der Waals surface area contributed by atoms with Crippen LogP contribution in [0.3, 0.4) is 0 Å². The van der Waals surface area contributed by atoms with Crippen molar-refractivity contribution >= 4 is 33.4 Å². The van der Waals surface area contributed by atoms with Crippen LogP contribution in [-0.4, -0.2) is 15.5 Å². The summed E-state index contributed by atoms with van der Waals surface area (Å²) in [5, 5.41) is 7.00. The van der Waals surface area contributed by atoms with Crippen molar-refractivity contribution in [2.75, 3.05) is 0 Å². The SMILES string of the molecule is Cc1nnsc1C(=O)NC1(c2cccc(Br)c2)CC1. The third-order valence-electron chi connectivity index (χ3n) is 3.34. The largest absolute Gasteiger partial charge is 0.342 e. The monoisotopic (exact) mass is 337 g/mol. The van der Waals surface area contributed by atoms with Gasteiger partial charge >= 0.3 is 0 Å². The van der Waals surface area contributed by atoms with Crippen LogP contribution in [-0.2, 0) is 5.54 Å². The van der Waals surface area contributed by atoms with E-state index in [2.05, 4.69) is 43.0 Å². The van der Waals surface area contributed by atoms with Crippen LogP contribution in [0.1, 0.15) is 33.8 Å². The molecule has 0 saturated heterocycles. The number of hydrogen-bond donors (Lipinski definition) is 1. The summed E-state index contributed by atoms with van der Waals surface area (Å²) in [7, 11) is 0. The molecule has 2 aromatic rings. The molecule has 0 radical (unpaired) electrons. The molecule has 0 unspecified atom stereocenters. The van der Waals surface area contributed by atoms with Gasteiger partial charge in [-0.05, 0) is 49.0 Å². The molecule has 6 heteroatoms. The van der Waals surface area contributed by atoms with Gasteiger partial charge in [-0.2, -0.15) is 0 Å². The first-order chi connectivity index (χ1) is 9.11. The summed E-state index contributed by atoms with van der Waals surface area (Å²) in [5.41, 5.74) is 1.62. The minimum absolute atomic E-state index is 0.0787. The van der Waals surface area contributed by atoms with Crippen LogP contribution in [0, 0.1) is 6.92 Å². The van der Waals surface area contributed by atoms with Crippen LogP contribution in [0.25, 0.3) is 0 Å². The Balaban J connectivity index is 1.83. The van der Waals surface area contributed by atoms with Gasteiger partial charge in [-0.15, -0.1) is 5.10 Å². The molecule has 1 aromatic heterocycles. The molecule has 1 saturated carbocycles. The van der Waals surface area contributed by atoms with Crippen molar-refractivity contribution in [3.63, 3.8) is 0 Å². The van der Waals surface area contributed by atoms with Gasteiger partial charge in [0.25, 0.3) is 5.91 Å². The molecule has 0 atom stereocenters. The highest BCUT2D eigenvalue weighted by Crippen LogP contribution is 2.46. The lowest BCUT2D eigenvalue weighted by Gasteiger charge is -2.17. The lowest BCUT2D eigenvalue weighted by Crippen LogP contribution is -2.34. The molecule has 0 aliphatic heterocycles. The maximum Gasteiger partial charge on any atom is 0.265 e. The topological polar surface area (TPSA) is 54.9 Å². The van der Waals surface area contributed by atoms with E-state index in [1.165, 1.54) is 0 Å². The fourth-order valence-electron chi connectivity index (χ4n) is 2.11. The molecule has 1 aromatic carbocycles. The van der Waals surface area contributed by atoms with Crippen molar-refractivity contribution in [2.45, 2.75) is 25.3 Å². The molecule has 4 nitrogen and oxygen atoms in total. The number of carbonyl (C=O) groups excluding carboxylic acids is 1. The van der Waals surface area contributed by atoms with Crippen molar-refractivity contribution in [3.05, 3.63) is 44.9 Å². The Kier molecular flexibility index (Phi) is 3.14.